The fourth-order valence-electron chi connectivity index (χ4n) is 6.14. The first-order valence-corrected chi connectivity index (χ1v) is 10.2. The summed E-state index contributed by atoms with van der Waals surface area (Å²) in [5, 5.41) is 9.51. The predicted octanol–water partition coefficient (Wildman–Crippen LogP) is 4.04. The number of ether oxygens (including phenoxy) is 1. The Morgan fingerprint density at radius 2 is 2.25 bits per heavy atom. The lowest BCUT2D eigenvalue weighted by Crippen LogP contribution is -2.54. The van der Waals surface area contributed by atoms with E-state index in [-0.39, 0.29) is 17.3 Å². The predicted molar refractivity (Wildman–Crippen MR) is 109 cm³/mol. The van der Waals surface area contributed by atoms with Crippen molar-refractivity contribution in [1.82, 2.24) is 4.90 Å². The second-order valence-corrected chi connectivity index (χ2v) is 8.24. The van der Waals surface area contributed by atoms with Crippen molar-refractivity contribution in [3.63, 3.8) is 0 Å². The Morgan fingerprint density at radius 3 is 2.89 bits per heavy atom. The van der Waals surface area contributed by atoms with Gasteiger partial charge >= 0.3 is 5.97 Å². The number of nitrogens with zero attached hydrogens (tertiary/aromatic N) is 2. The van der Waals surface area contributed by atoms with E-state index >= 15 is 0 Å². The molecule has 2 saturated heterocycles. The maximum Gasteiger partial charge on any atom is 0.334 e. The summed E-state index contributed by atoms with van der Waals surface area (Å²) in [5.74, 6) is -0.0344. The second kappa shape index (κ2) is 6.90. The molecule has 2 aliphatic heterocycles. The summed E-state index contributed by atoms with van der Waals surface area (Å²) in [6, 6.07) is 8.70. The van der Waals surface area contributed by atoms with Crippen LogP contribution in [0.3, 0.4) is 0 Å². The first kappa shape index (κ1) is 19.0. The van der Waals surface area contributed by atoms with Crippen molar-refractivity contribution in [1.29, 1.82) is 5.26 Å². The Bertz CT molecular complexity index is 936. The number of rotatable bonds is 3. The molecule has 4 heteroatoms. The molecule has 0 saturated carbocycles. The van der Waals surface area contributed by atoms with Crippen molar-refractivity contribution in [2.45, 2.75) is 51.5 Å². The molecule has 0 N–H and O–H groups in total. The molecule has 0 radical (unpaired) electrons. The van der Waals surface area contributed by atoms with Gasteiger partial charge in [0.2, 0.25) is 0 Å². The Labute approximate surface area is 167 Å². The normalized spacial score (nSPS) is 30.5. The number of aryl methyl sites for hydroxylation is 1. The molecule has 1 aromatic carbocycles. The maximum atomic E-state index is 13.0. The summed E-state index contributed by atoms with van der Waals surface area (Å²) in [7, 11) is 1.49. The van der Waals surface area contributed by atoms with E-state index < -0.39 is 0 Å². The highest BCUT2D eigenvalue weighted by Crippen LogP contribution is 2.58. The molecule has 3 atom stereocenters. The standard InChI is InChI=1S/C24H28N2O2/c1-5-17-14-26-10-9-24(20-11-16(13-25)8-7-15(20)3)19(6-2)22(23(27)28-4)18(17)12-21(24)26/h5,7-8,11,18,21H,6,9-10,12,14H2,1-4H3/b17-5-/t18?,21-,24+/m0/s1. The number of piperidine rings is 1. The van der Waals surface area contributed by atoms with Gasteiger partial charge in [0.15, 0.2) is 0 Å². The first-order chi connectivity index (χ1) is 13.5. The summed E-state index contributed by atoms with van der Waals surface area (Å²) >= 11 is 0. The van der Waals surface area contributed by atoms with Crippen LogP contribution in [0, 0.1) is 24.2 Å². The van der Waals surface area contributed by atoms with Crippen LogP contribution in [0.2, 0.25) is 0 Å². The largest absolute Gasteiger partial charge is 0.466 e. The number of allylic oxidation sites excluding steroid dienone is 1. The minimum Gasteiger partial charge on any atom is -0.466 e. The smallest absolute Gasteiger partial charge is 0.334 e. The summed E-state index contributed by atoms with van der Waals surface area (Å²) in [4.78, 5) is 15.6. The fraction of sp³-hybridized carbons (Fsp3) is 0.500. The summed E-state index contributed by atoms with van der Waals surface area (Å²) in [6.07, 6.45) is 4.94. The van der Waals surface area contributed by atoms with Gasteiger partial charge in [-0.25, -0.2) is 4.79 Å². The third-order valence-corrected chi connectivity index (χ3v) is 7.28. The molecule has 0 aromatic heterocycles. The molecule has 2 fully saturated rings. The molecular weight excluding hydrogens is 348 g/mol. The second-order valence-electron chi connectivity index (χ2n) is 8.24. The molecule has 28 heavy (non-hydrogen) atoms. The number of hydrogen-bond acceptors (Lipinski definition) is 4. The van der Waals surface area contributed by atoms with Crippen molar-refractivity contribution in [3.8, 4) is 6.07 Å². The van der Waals surface area contributed by atoms with Crippen LogP contribution in [0.25, 0.3) is 0 Å². The molecule has 1 aromatic rings. The molecule has 2 heterocycles. The Balaban J connectivity index is 2.05. The number of methoxy groups -OCH3 is 1. The van der Waals surface area contributed by atoms with Gasteiger partial charge < -0.3 is 4.74 Å². The van der Waals surface area contributed by atoms with E-state index in [2.05, 4.69) is 49.9 Å². The van der Waals surface area contributed by atoms with Crippen LogP contribution in [0.4, 0.5) is 0 Å². The maximum absolute atomic E-state index is 13.0. The number of carbonyl (C=O) groups excluding carboxylic acids is 1. The summed E-state index contributed by atoms with van der Waals surface area (Å²) in [6.45, 7) is 8.30. The van der Waals surface area contributed by atoms with Crippen LogP contribution in [-0.2, 0) is 14.9 Å². The van der Waals surface area contributed by atoms with Gasteiger partial charge in [0, 0.05) is 36.0 Å². The number of benzene rings is 1. The van der Waals surface area contributed by atoms with Crippen molar-refractivity contribution < 1.29 is 9.53 Å². The minimum absolute atomic E-state index is 0.152. The topological polar surface area (TPSA) is 53.3 Å². The van der Waals surface area contributed by atoms with Crippen molar-refractivity contribution in [2.75, 3.05) is 20.2 Å². The van der Waals surface area contributed by atoms with Crippen LogP contribution >= 0.6 is 0 Å². The van der Waals surface area contributed by atoms with Gasteiger partial charge in [0.1, 0.15) is 0 Å². The number of nitriles is 1. The first-order valence-electron chi connectivity index (χ1n) is 10.2. The Morgan fingerprint density at radius 1 is 1.46 bits per heavy atom. The van der Waals surface area contributed by atoms with Gasteiger partial charge in [-0.1, -0.05) is 24.6 Å². The Hall–Kier alpha value is -2.38. The third kappa shape index (κ3) is 2.42. The molecule has 1 unspecified atom stereocenters. The van der Waals surface area contributed by atoms with Gasteiger partial charge in [-0.15, -0.1) is 0 Å². The number of hydrogen-bond donors (Lipinski definition) is 0. The minimum atomic E-state index is -0.203. The lowest BCUT2D eigenvalue weighted by atomic mass is 9.57. The fourth-order valence-corrected chi connectivity index (χ4v) is 6.14. The van der Waals surface area contributed by atoms with Gasteiger partial charge in [0.05, 0.1) is 18.7 Å². The van der Waals surface area contributed by atoms with Gasteiger partial charge in [-0.05, 0) is 61.9 Å². The average molecular weight is 377 g/mol. The Kier molecular flexibility index (Phi) is 4.67. The summed E-state index contributed by atoms with van der Waals surface area (Å²) < 4.78 is 5.28. The van der Waals surface area contributed by atoms with Crippen LogP contribution in [0.5, 0.6) is 0 Å². The number of esters is 1. The van der Waals surface area contributed by atoms with E-state index in [9.17, 15) is 10.1 Å². The summed E-state index contributed by atoms with van der Waals surface area (Å²) in [5.41, 5.74) is 6.34. The molecule has 146 valence electrons. The molecule has 3 aliphatic rings. The lowest BCUT2D eigenvalue weighted by Gasteiger charge is -2.51. The highest BCUT2D eigenvalue weighted by Gasteiger charge is 2.58. The molecule has 4 nitrogen and oxygen atoms in total. The molecule has 0 amide bonds. The zero-order chi connectivity index (χ0) is 20.1. The molecule has 0 spiro atoms. The van der Waals surface area contributed by atoms with Crippen molar-refractivity contribution >= 4 is 5.97 Å². The van der Waals surface area contributed by atoms with Crippen LogP contribution in [0.1, 0.15) is 49.8 Å². The van der Waals surface area contributed by atoms with Gasteiger partial charge in [-0.3, -0.25) is 4.90 Å². The van der Waals surface area contributed by atoms with Crippen LogP contribution in [0.15, 0.2) is 41.0 Å². The molecule has 2 bridgehead atoms. The monoisotopic (exact) mass is 376 g/mol. The highest BCUT2D eigenvalue weighted by molar-refractivity contribution is 5.92. The molecular formula is C24H28N2O2. The average Bonchev–Trinajstić information content (AvgIpc) is 3.13. The van der Waals surface area contributed by atoms with E-state index in [1.54, 1.807) is 0 Å². The van der Waals surface area contributed by atoms with E-state index in [0.717, 1.165) is 37.9 Å². The van der Waals surface area contributed by atoms with E-state index in [0.29, 0.717) is 11.6 Å². The zero-order valence-electron chi connectivity index (χ0n) is 17.2. The molecule has 4 rings (SSSR count). The van der Waals surface area contributed by atoms with Crippen molar-refractivity contribution in [2.24, 2.45) is 5.92 Å². The quantitative estimate of drug-likeness (QED) is 0.590. The van der Waals surface area contributed by atoms with Crippen LogP contribution in [-0.4, -0.2) is 37.1 Å². The molecule has 1 aliphatic carbocycles. The van der Waals surface area contributed by atoms with Crippen LogP contribution < -0.4 is 0 Å². The zero-order valence-corrected chi connectivity index (χ0v) is 17.2. The van der Waals surface area contributed by atoms with Gasteiger partial charge in [0.25, 0.3) is 0 Å². The highest BCUT2D eigenvalue weighted by atomic mass is 16.5. The van der Waals surface area contributed by atoms with E-state index in [1.807, 2.05) is 6.07 Å². The van der Waals surface area contributed by atoms with Crippen molar-refractivity contribution in [3.05, 3.63) is 57.7 Å². The van der Waals surface area contributed by atoms with Gasteiger partial charge in [-0.2, -0.15) is 5.26 Å². The van der Waals surface area contributed by atoms with E-state index in [1.165, 1.54) is 29.4 Å². The van der Waals surface area contributed by atoms with E-state index in [4.69, 9.17) is 4.74 Å². The number of carbonyl (C=O) groups is 1. The lowest BCUT2D eigenvalue weighted by molar-refractivity contribution is -0.137. The SMILES string of the molecule is C/C=C1/CN2CC[C@]3(c4cc(C#N)ccc4C)C(CC)=C(C(=O)OC)C1C[C@H]23. The third-order valence-electron chi connectivity index (χ3n) is 7.28. The number of fused-ring (bicyclic) bond motifs is 1.